The van der Waals surface area contributed by atoms with Crippen LogP contribution in [0.4, 0.5) is 14.5 Å². The van der Waals surface area contributed by atoms with Crippen LogP contribution in [0.15, 0.2) is 54.9 Å². The van der Waals surface area contributed by atoms with Gasteiger partial charge in [-0.2, -0.15) is 0 Å². The molecule has 0 radical (unpaired) electrons. The molecule has 0 aliphatic heterocycles. The van der Waals surface area contributed by atoms with Gasteiger partial charge in [0.15, 0.2) is 11.6 Å². The zero-order chi connectivity index (χ0) is 23.3. The summed E-state index contributed by atoms with van der Waals surface area (Å²) in [5.74, 6) is -1.56. The molecule has 0 aliphatic rings. The topological polar surface area (TPSA) is 84.3 Å². The summed E-state index contributed by atoms with van der Waals surface area (Å²) in [6, 6.07) is 10.6. The van der Waals surface area contributed by atoms with Crippen LogP contribution in [0.1, 0.15) is 24.2 Å². The summed E-state index contributed by atoms with van der Waals surface area (Å²) in [7, 11) is -3.72. The Hall–Kier alpha value is -3.27. The SMILES string of the molecule is Cc1nccn1-c1ccc(CNC(=O)CCCN(c2ccc(F)c(F)c2)S(C)(=O)=O)cc1. The first-order valence-corrected chi connectivity index (χ1v) is 11.8. The first kappa shape index (κ1) is 23.4. The minimum atomic E-state index is -3.72. The molecule has 32 heavy (non-hydrogen) atoms. The molecule has 0 aliphatic carbocycles. The number of nitrogens with zero attached hydrogens (tertiary/aromatic N) is 3. The fraction of sp³-hybridized carbons (Fsp3) is 0.273. The predicted octanol–water partition coefficient (Wildman–Crippen LogP) is 3.32. The monoisotopic (exact) mass is 462 g/mol. The lowest BCUT2D eigenvalue weighted by Crippen LogP contribution is -2.32. The van der Waals surface area contributed by atoms with Crippen molar-refractivity contribution in [1.82, 2.24) is 14.9 Å². The van der Waals surface area contributed by atoms with Gasteiger partial charge in [-0.25, -0.2) is 22.2 Å². The third kappa shape index (κ3) is 5.91. The van der Waals surface area contributed by atoms with E-state index < -0.39 is 21.7 Å². The molecular weight excluding hydrogens is 438 g/mol. The molecule has 0 spiro atoms. The Kier molecular flexibility index (Phi) is 7.24. The van der Waals surface area contributed by atoms with Gasteiger partial charge in [0.1, 0.15) is 5.82 Å². The maximum Gasteiger partial charge on any atom is 0.232 e. The van der Waals surface area contributed by atoms with Crippen LogP contribution in [0.2, 0.25) is 0 Å². The minimum absolute atomic E-state index is 0.0139. The van der Waals surface area contributed by atoms with Crippen molar-refractivity contribution in [1.29, 1.82) is 0 Å². The Labute approximate surface area is 185 Å². The highest BCUT2D eigenvalue weighted by atomic mass is 32.2. The van der Waals surface area contributed by atoms with E-state index in [1.807, 2.05) is 42.0 Å². The molecule has 170 valence electrons. The Morgan fingerprint density at radius 3 is 2.44 bits per heavy atom. The van der Waals surface area contributed by atoms with Gasteiger partial charge in [-0.15, -0.1) is 0 Å². The summed E-state index contributed by atoms with van der Waals surface area (Å²) >= 11 is 0. The molecule has 1 heterocycles. The minimum Gasteiger partial charge on any atom is -0.352 e. The van der Waals surface area contributed by atoms with E-state index in [9.17, 15) is 22.0 Å². The second-order valence-corrected chi connectivity index (χ2v) is 9.23. The van der Waals surface area contributed by atoms with Crippen LogP contribution in [0, 0.1) is 18.6 Å². The third-order valence-electron chi connectivity index (χ3n) is 4.89. The number of nitrogens with one attached hydrogen (secondary N) is 1. The van der Waals surface area contributed by atoms with Crippen molar-refractivity contribution in [3.8, 4) is 5.69 Å². The van der Waals surface area contributed by atoms with Crippen molar-refractivity contribution in [3.05, 3.63) is 77.9 Å². The zero-order valence-electron chi connectivity index (χ0n) is 17.8. The van der Waals surface area contributed by atoms with Gasteiger partial charge in [0.25, 0.3) is 0 Å². The van der Waals surface area contributed by atoms with Gasteiger partial charge in [-0.05, 0) is 43.2 Å². The van der Waals surface area contributed by atoms with Crippen molar-refractivity contribution in [3.63, 3.8) is 0 Å². The number of hydrogen-bond donors (Lipinski definition) is 1. The van der Waals surface area contributed by atoms with Gasteiger partial charge in [0.2, 0.25) is 15.9 Å². The zero-order valence-corrected chi connectivity index (χ0v) is 18.6. The number of anilines is 1. The molecule has 0 saturated heterocycles. The number of hydrogen-bond acceptors (Lipinski definition) is 4. The van der Waals surface area contributed by atoms with Crippen molar-refractivity contribution in [2.24, 2.45) is 0 Å². The number of halogens is 2. The van der Waals surface area contributed by atoms with E-state index >= 15 is 0 Å². The fourth-order valence-corrected chi connectivity index (χ4v) is 4.18. The number of aromatic nitrogens is 2. The maximum atomic E-state index is 13.5. The lowest BCUT2D eigenvalue weighted by Gasteiger charge is -2.22. The summed E-state index contributed by atoms with van der Waals surface area (Å²) in [4.78, 5) is 16.4. The Balaban J connectivity index is 1.51. The molecule has 10 heteroatoms. The number of aryl methyl sites for hydroxylation is 1. The fourth-order valence-electron chi connectivity index (χ4n) is 3.22. The van der Waals surface area contributed by atoms with Crippen molar-refractivity contribution in [2.75, 3.05) is 17.1 Å². The molecule has 3 rings (SSSR count). The molecule has 7 nitrogen and oxygen atoms in total. The Bertz CT molecular complexity index is 1190. The van der Waals surface area contributed by atoms with Gasteiger partial charge in [0.05, 0.1) is 11.9 Å². The van der Waals surface area contributed by atoms with Crippen LogP contribution < -0.4 is 9.62 Å². The molecule has 2 aromatic carbocycles. The van der Waals surface area contributed by atoms with Crippen LogP contribution >= 0.6 is 0 Å². The molecule has 0 atom stereocenters. The van der Waals surface area contributed by atoms with Gasteiger partial charge < -0.3 is 9.88 Å². The Morgan fingerprint density at radius 2 is 1.84 bits per heavy atom. The van der Waals surface area contributed by atoms with Crippen molar-refractivity contribution >= 4 is 21.6 Å². The van der Waals surface area contributed by atoms with E-state index in [2.05, 4.69) is 10.3 Å². The molecule has 3 aromatic rings. The normalized spacial score (nSPS) is 11.4. The average Bonchev–Trinajstić information content (AvgIpc) is 3.17. The number of sulfonamides is 1. The van der Waals surface area contributed by atoms with E-state index in [0.29, 0.717) is 6.54 Å². The summed E-state index contributed by atoms with van der Waals surface area (Å²) in [5.41, 5.74) is 1.90. The van der Waals surface area contributed by atoms with Crippen molar-refractivity contribution in [2.45, 2.75) is 26.3 Å². The highest BCUT2D eigenvalue weighted by molar-refractivity contribution is 7.92. The number of rotatable bonds is 9. The molecule has 0 fully saturated rings. The maximum absolute atomic E-state index is 13.5. The number of amides is 1. The van der Waals surface area contributed by atoms with Crippen LogP contribution in [0.5, 0.6) is 0 Å². The molecule has 1 N–H and O–H groups in total. The molecule has 0 bridgehead atoms. The van der Waals surface area contributed by atoms with Crippen molar-refractivity contribution < 1.29 is 22.0 Å². The summed E-state index contributed by atoms with van der Waals surface area (Å²) in [6.07, 6.45) is 4.87. The van der Waals surface area contributed by atoms with E-state index in [-0.39, 0.29) is 31.0 Å². The molecule has 1 aromatic heterocycles. The quantitative estimate of drug-likeness (QED) is 0.529. The number of imidazole rings is 1. The second-order valence-electron chi connectivity index (χ2n) is 7.32. The Morgan fingerprint density at radius 1 is 1.12 bits per heavy atom. The van der Waals surface area contributed by atoms with Gasteiger partial charge in [-0.1, -0.05) is 12.1 Å². The summed E-state index contributed by atoms with van der Waals surface area (Å²) in [5, 5.41) is 2.80. The first-order chi connectivity index (χ1) is 15.1. The van der Waals surface area contributed by atoms with E-state index in [1.165, 1.54) is 6.07 Å². The molecule has 1 amide bonds. The number of benzene rings is 2. The second kappa shape index (κ2) is 9.90. The number of carbonyl (C=O) groups is 1. The third-order valence-corrected chi connectivity index (χ3v) is 6.08. The van der Waals surface area contributed by atoms with E-state index in [1.54, 1.807) is 6.20 Å². The van der Waals surface area contributed by atoms with Crippen LogP contribution in [-0.2, 0) is 21.4 Å². The van der Waals surface area contributed by atoms with Gasteiger partial charge in [-0.3, -0.25) is 9.10 Å². The highest BCUT2D eigenvalue weighted by Gasteiger charge is 2.19. The van der Waals surface area contributed by atoms with Crippen LogP contribution in [0.3, 0.4) is 0 Å². The average molecular weight is 463 g/mol. The highest BCUT2D eigenvalue weighted by Crippen LogP contribution is 2.21. The number of carbonyl (C=O) groups excluding carboxylic acids is 1. The molecular formula is C22H24F2N4O3S. The largest absolute Gasteiger partial charge is 0.352 e. The standard InChI is InChI=1S/C22H24F2N4O3S/c1-16-25-11-13-27(16)18-7-5-17(6-8-18)15-26-22(29)4-3-12-28(32(2,30)31)19-9-10-20(23)21(24)14-19/h5-11,13-14H,3-4,12,15H2,1-2H3,(H,26,29). The van der Waals surface area contributed by atoms with E-state index in [0.717, 1.165) is 39.8 Å². The smallest absolute Gasteiger partial charge is 0.232 e. The lowest BCUT2D eigenvalue weighted by molar-refractivity contribution is -0.121. The van der Waals surface area contributed by atoms with E-state index in [4.69, 9.17) is 0 Å². The van der Waals surface area contributed by atoms with Gasteiger partial charge in [0, 0.05) is 43.7 Å². The molecule has 0 saturated carbocycles. The first-order valence-electron chi connectivity index (χ1n) is 9.94. The van der Waals surface area contributed by atoms with Crippen LogP contribution in [0.25, 0.3) is 5.69 Å². The van der Waals surface area contributed by atoms with Crippen LogP contribution in [-0.4, -0.2) is 36.7 Å². The predicted molar refractivity (Wildman–Crippen MR) is 118 cm³/mol. The summed E-state index contributed by atoms with van der Waals surface area (Å²) in [6.45, 7) is 2.21. The molecule has 0 unspecified atom stereocenters. The lowest BCUT2D eigenvalue weighted by atomic mass is 10.2. The van der Waals surface area contributed by atoms with Gasteiger partial charge >= 0.3 is 0 Å². The summed E-state index contributed by atoms with van der Waals surface area (Å²) < 4.78 is 53.7.